The van der Waals surface area contributed by atoms with Crippen LogP contribution in [0, 0.1) is 0 Å². The maximum Gasteiger partial charge on any atom is 0.227 e. The molecule has 1 rings (SSSR count). The number of amides is 1. The van der Waals surface area contributed by atoms with Gasteiger partial charge in [-0.2, -0.15) is 5.10 Å². The average Bonchev–Trinajstić information content (AvgIpc) is 2.60. The average molecular weight is 281 g/mol. The number of hydrogen-bond acceptors (Lipinski definition) is 2. The number of nitrogens with zero attached hydrogens (tertiary/aromatic N) is 2. The standard InChI is InChI=1S/C8H11BrClN3O/c1-13(8(14)3-2-4-10)7-5-6(9)11-12-7/h5H,2-4H2,1H3,(H,11,12). The van der Waals surface area contributed by atoms with Crippen LogP contribution in [0.4, 0.5) is 5.82 Å². The summed E-state index contributed by atoms with van der Waals surface area (Å²) in [6.45, 7) is 0. The van der Waals surface area contributed by atoms with Gasteiger partial charge < -0.3 is 4.90 Å². The first-order valence-electron chi connectivity index (χ1n) is 4.18. The SMILES string of the molecule is CN(C(=O)CCCCl)c1cc(Br)n[nH]1. The second kappa shape index (κ2) is 5.36. The third kappa shape index (κ3) is 2.99. The van der Waals surface area contributed by atoms with Crippen LogP contribution in [0.5, 0.6) is 0 Å². The predicted octanol–water partition coefficient (Wildman–Crippen LogP) is 2.15. The molecule has 0 saturated carbocycles. The molecule has 6 heteroatoms. The van der Waals surface area contributed by atoms with Crippen LogP contribution in [-0.2, 0) is 4.79 Å². The molecule has 0 unspecified atom stereocenters. The maximum absolute atomic E-state index is 11.5. The Labute approximate surface area is 95.7 Å². The normalized spacial score (nSPS) is 10.2. The highest BCUT2D eigenvalue weighted by atomic mass is 79.9. The van der Waals surface area contributed by atoms with Gasteiger partial charge in [0.05, 0.1) is 0 Å². The van der Waals surface area contributed by atoms with Gasteiger partial charge in [0.1, 0.15) is 10.4 Å². The topological polar surface area (TPSA) is 49.0 Å². The minimum absolute atomic E-state index is 0.0294. The van der Waals surface area contributed by atoms with Crippen molar-refractivity contribution in [3.8, 4) is 0 Å². The molecule has 1 heterocycles. The molecular formula is C8H11BrClN3O. The second-order valence-corrected chi connectivity index (χ2v) is 4.01. The van der Waals surface area contributed by atoms with Gasteiger partial charge in [-0.1, -0.05) is 0 Å². The fourth-order valence-corrected chi connectivity index (χ4v) is 1.42. The summed E-state index contributed by atoms with van der Waals surface area (Å²) in [5.74, 6) is 1.21. The smallest absolute Gasteiger partial charge is 0.227 e. The summed E-state index contributed by atoms with van der Waals surface area (Å²) in [7, 11) is 1.70. The van der Waals surface area contributed by atoms with Crippen molar-refractivity contribution >= 4 is 39.3 Å². The summed E-state index contributed by atoms with van der Waals surface area (Å²) in [4.78, 5) is 13.0. The molecule has 0 bridgehead atoms. The number of halogens is 2. The Kier molecular flexibility index (Phi) is 4.41. The number of carbonyl (C=O) groups excluding carboxylic acids is 1. The molecular weight excluding hydrogens is 269 g/mol. The number of hydrogen-bond donors (Lipinski definition) is 1. The predicted molar refractivity (Wildman–Crippen MR) is 59.7 cm³/mol. The summed E-state index contributed by atoms with van der Waals surface area (Å²) in [6.07, 6.45) is 1.15. The fraction of sp³-hybridized carbons (Fsp3) is 0.500. The zero-order valence-electron chi connectivity index (χ0n) is 7.76. The third-order valence-corrected chi connectivity index (χ3v) is 2.47. The maximum atomic E-state index is 11.5. The van der Waals surface area contributed by atoms with E-state index < -0.39 is 0 Å². The van der Waals surface area contributed by atoms with Gasteiger partial charge in [0.2, 0.25) is 5.91 Å². The molecule has 0 fully saturated rings. The summed E-state index contributed by atoms with van der Waals surface area (Å²) >= 11 is 8.70. The number of carbonyl (C=O) groups is 1. The highest BCUT2D eigenvalue weighted by Gasteiger charge is 2.11. The molecule has 0 aromatic carbocycles. The molecule has 78 valence electrons. The Morgan fingerprint density at radius 3 is 3.00 bits per heavy atom. The van der Waals surface area contributed by atoms with Crippen molar-refractivity contribution in [3.05, 3.63) is 10.7 Å². The van der Waals surface area contributed by atoms with E-state index in [1.165, 1.54) is 4.90 Å². The Bertz CT molecular complexity index is 315. The number of aromatic nitrogens is 2. The van der Waals surface area contributed by atoms with Crippen molar-refractivity contribution in [1.29, 1.82) is 0 Å². The lowest BCUT2D eigenvalue weighted by Crippen LogP contribution is -2.26. The third-order valence-electron chi connectivity index (χ3n) is 1.79. The Balaban J connectivity index is 2.56. The van der Waals surface area contributed by atoms with Gasteiger partial charge in [-0.3, -0.25) is 9.89 Å². The summed E-state index contributed by atoms with van der Waals surface area (Å²) < 4.78 is 0.685. The summed E-state index contributed by atoms with van der Waals surface area (Å²) in [5.41, 5.74) is 0. The van der Waals surface area contributed by atoms with Crippen LogP contribution in [0.3, 0.4) is 0 Å². The first-order valence-corrected chi connectivity index (χ1v) is 5.51. The molecule has 0 radical (unpaired) electrons. The lowest BCUT2D eigenvalue weighted by Gasteiger charge is -2.13. The van der Waals surface area contributed by atoms with E-state index in [-0.39, 0.29) is 5.91 Å². The molecule has 1 aromatic heterocycles. The van der Waals surface area contributed by atoms with Gasteiger partial charge in [-0.25, -0.2) is 0 Å². The van der Waals surface area contributed by atoms with E-state index >= 15 is 0 Å². The quantitative estimate of drug-likeness (QED) is 0.859. The zero-order valence-corrected chi connectivity index (χ0v) is 10.1. The van der Waals surface area contributed by atoms with Crippen LogP contribution < -0.4 is 4.90 Å². The van der Waals surface area contributed by atoms with Gasteiger partial charge in [0, 0.05) is 25.4 Å². The van der Waals surface area contributed by atoms with Crippen LogP contribution in [0.15, 0.2) is 10.7 Å². The molecule has 0 atom stereocenters. The highest BCUT2D eigenvalue weighted by molar-refractivity contribution is 9.10. The monoisotopic (exact) mass is 279 g/mol. The van der Waals surface area contributed by atoms with Crippen LogP contribution >= 0.6 is 27.5 Å². The van der Waals surface area contributed by atoms with Crippen LogP contribution in [-0.4, -0.2) is 29.0 Å². The molecule has 0 aliphatic rings. The molecule has 1 amide bonds. The number of nitrogens with one attached hydrogen (secondary N) is 1. The van der Waals surface area contributed by atoms with Crippen molar-refractivity contribution in [2.75, 3.05) is 17.8 Å². The van der Waals surface area contributed by atoms with Gasteiger partial charge in [-0.15, -0.1) is 11.6 Å². The van der Waals surface area contributed by atoms with Crippen molar-refractivity contribution in [2.24, 2.45) is 0 Å². The zero-order chi connectivity index (χ0) is 10.6. The molecule has 0 saturated heterocycles. The van der Waals surface area contributed by atoms with Crippen LogP contribution in [0.1, 0.15) is 12.8 Å². The largest absolute Gasteiger partial charge is 0.300 e. The Morgan fingerprint density at radius 1 is 1.79 bits per heavy atom. The fourth-order valence-electron chi connectivity index (χ4n) is 0.980. The molecule has 0 spiro atoms. The number of rotatable bonds is 4. The highest BCUT2D eigenvalue weighted by Crippen LogP contribution is 2.15. The van der Waals surface area contributed by atoms with E-state index in [1.807, 2.05) is 0 Å². The molecule has 0 aliphatic carbocycles. The van der Waals surface area contributed by atoms with Gasteiger partial charge in [0.15, 0.2) is 0 Å². The minimum atomic E-state index is 0.0294. The van der Waals surface area contributed by atoms with E-state index in [9.17, 15) is 4.79 Å². The Morgan fingerprint density at radius 2 is 2.50 bits per heavy atom. The number of anilines is 1. The first-order chi connectivity index (χ1) is 6.65. The van der Waals surface area contributed by atoms with Crippen molar-refractivity contribution < 1.29 is 4.79 Å². The lowest BCUT2D eigenvalue weighted by molar-refractivity contribution is -0.118. The Hall–Kier alpha value is -0.550. The van der Waals surface area contributed by atoms with E-state index in [1.54, 1.807) is 13.1 Å². The van der Waals surface area contributed by atoms with Gasteiger partial charge in [0.25, 0.3) is 0 Å². The van der Waals surface area contributed by atoms with E-state index in [4.69, 9.17) is 11.6 Å². The van der Waals surface area contributed by atoms with Gasteiger partial charge in [-0.05, 0) is 22.4 Å². The van der Waals surface area contributed by atoms with Crippen molar-refractivity contribution in [2.45, 2.75) is 12.8 Å². The molecule has 14 heavy (non-hydrogen) atoms. The minimum Gasteiger partial charge on any atom is -0.300 e. The molecule has 4 nitrogen and oxygen atoms in total. The number of H-pyrrole nitrogens is 1. The summed E-state index contributed by atoms with van der Waals surface area (Å²) in [5, 5.41) is 6.61. The summed E-state index contributed by atoms with van der Waals surface area (Å²) in [6, 6.07) is 1.75. The second-order valence-electron chi connectivity index (χ2n) is 2.82. The first kappa shape index (κ1) is 11.5. The van der Waals surface area contributed by atoms with Crippen LogP contribution in [0.25, 0.3) is 0 Å². The molecule has 1 aromatic rings. The van der Waals surface area contributed by atoms with Crippen molar-refractivity contribution in [1.82, 2.24) is 10.2 Å². The van der Waals surface area contributed by atoms with Gasteiger partial charge >= 0.3 is 0 Å². The van der Waals surface area contributed by atoms with E-state index in [0.29, 0.717) is 29.1 Å². The number of alkyl halides is 1. The van der Waals surface area contributed by atoms with Crippen LogP contribution in [0.2, 0.25) is 0 Å². The molecule has 1 N–H and O–H groups in total. The number of aromatic amines is 1. The van der Waals surface area contributed by atoms with E-state index in [0.717, 1.165) is 0 Å². The molecule has 0 aliphatic heterocycles. The lowest BCUT2D eigenvalue weighted by atomic mass is 10.3. The van der Waals surface area contributed by atoms with Crippen molar-refractivity contribution in [3.63, 3.8) is 0 Å². The van der Waals surface area contributed by atoms with E-state index in [2.05, 4.69) is 26.1 Å².